The number of halogens is 2. The molecule has 3 N–H and O–H groups in total. The summed E-state index contributed by atoms with van der Waals surface area (Å²) in [5.41, 5.74) is 7.87. The minimum Gasteiger partial charge on any atom is -0.350 e. The van der Waals surface area contributed by atoms with Gasteiger partial charge in [-0.1, -0.05) is 53.5 Å². The monoisotopic (exact) mass is 419 g/mol. The van der Waals surface area contributed by atoms with Crippen molar-refractivity contribution < 1.29 is 9.59 Å². The molecule has 2 atom stereocenters. The molecule has 0 aromatic heterocycles. The van der Waals surface area contributed by atoms with Gasteiger partial charge in [0.15, 0.2) is 0 Å². The minimum atomic E-state index is -0.668. The fraction of sp³-hybridized carbons (Fsp3) is 0.333. The molecule has 148 valence electrons. The molecule has 7 heteroatoms. The number of carbonyl (C=O) groups is 2. The average Bonchev–Trinajstić information content (AvgIpc) is 3.18. The van der Waals surface area contributed by atoms with Crippen molar-refractivity contribution in [3.05, 3.63) is 69.7 Å². The number of nitrogens with two attached hydrogens (primary N) is 1. The second kappa shape index (κ2) is 9.41. The summed E-state index contributed by atoms with van der Waals surface area (Å²) >= 11 is 12.1. The number of carbonyl (C=O) groups excluding carboxylic acids is 2. The number of nitrogens with zero attached hydrogens (tertiary/aromatic N) is 1. The van der Waals surface area contributed by atoms with E-state index in [2.05, 4.69) is 5.32 Å². The van der Waals surface area contributed by atoms with Gasteiger partial charge in [0.05, 0.1) is 6.04 Å². The maximum absolute atomic E-state index is 12.8. The first-order valence-corrected chi connectivity index (χ1v) is 10.0. The first-order valence-electron chi connectivity index (χ1n) is 9.27. The van der Waals surface area contributed by atoms with Crippen LogP contribution in [0.4, 0.5) is 0 Å². The Morgan fingerprint density at radius 3 is 2.68 bits per heavy atom. The van der Waals surface area contributed by atoms with Gasteiger partial charge in [-0.15, -0.1) is 0 Å². The largest absolute Gasteiger partial charge is 0.350 e. The average molecular weight is 420 g/mol. The molecule has 1 fully saturated rings. The molecule has 5 nitrogen and oxygen atoms in total. The van der Waals surface area contributed by atoms with Gasteiger partial charge >= 0.3 is 0 Å². The van der Waals surface area contributed by atoms with Gasteiger partial charge in [0.2, 0.25) is 11.8 Å². The third-order valence-corrected chi connectivity index (χ3v) is 5.52. The molecule has 1 heterocycles. The highest BCUT2D eigenvalue weighted by Gasteiger charge is 2.36. The highest BCUT2D eigenvalue weighted by molar-refractivity contribution is 6.33. The van der Waals surface area contributed by atoms with Crippen LogP contribution in [0.25, 0.3) is 0 Å². The first-order chi connectivity index (χ1) is 13.5. The van der Waals surface area contributed by atoms with Crippen LogP contribution in [0.1, 0.15) is 24.0 Å². The Balaban J connectivity index is 1.60. The second-order valence-electron chi connectivity index (χ2n) is 6.94. The van der Waals surface area contributed by atoms with E-state index in [1.807, 2.05) is 30.3 Å². The van der Waals surface area contributed by atoms with E-state index in [-0.39, 0.29) is 18.4 Å². The third kappa shape index (κ3) is 5.04. The first kappa shape index (κ1) is 20.6. The lowest BCUT2D eigenvalue weighted by Gasteiger charge is -2.27. The summed E-state index contributed by atoms with van der Waals surface area (Å²) in [4.78, 5) is 27.1. The summed E-state index contributed by atoms with van der Waals surface area (Å²) in [5, 5.41) is 3.96. The van der Waals surface area contributed by atoms with Crippen LogP contribution < -0.4 is 11.1 Å². The summed E-state index contributed by atoms with van der Waals surface area (Å²) in [6.07, 6.45) is 1.85. The van der Waals surface area contributed by atoms with Crippen LogP contribution in [-0.2, 0) is 22.6 Å². The van der Waals surface area contributed by atoms with Gasteiger partial charge in [-0.25, -0.2) is 0 Å². The molecule has 0 aliphatic carbocycles. The van der Waals surface area contributed by atoms with Crippen molar-refractivity contribution in [2.45, 2.75) is 37.9 Å². The Bertz CT molecular complexity index is 845. The standard InChI is InChI=1S/C21H23Cl2N3O2/c22-16-8-9-17(23)15(12-16)13-25-20(27)19-7-4-10-26(19)21(28)18(24)11-14-5-2-1-3-6-14/h1-3,5-6,8-9,12,18-19H,4,7,10-11,13,24H2,(H,25,27)/t18-,19+/m1/s1. The van der Waals surface area contributed by atoms with E-state index in [1.54, 1.807) is 23.1 Å². The smallest absolute Gasteiger partial charge is 0.243 e. The van der Waals surface area contributed by atoms with E-state index in [0.29, 0.717) is 29.4 Å². The number of nitrogens with one attached hydrogen (secondary N) is 1. The molecule has 2 aromatic rings. The van der Waals surface area contributed by atoms with Crippen LogP contribution >= 0.6 is 23.2 Å². The molecule has 3 rings (SSSR count). The second-order valence-corrected chi connectivity index (χ2v) is 7.78. The molecule has 2 aromatic carbocycles. The van der Waals surface area contributed by atoms with Gasteiger partial charge in [-0.3, -0.25) is 9.59 Å². The van der Waals surface area contributed by atoms with Crippen molar-refractivity contribution in [1.82, 2.24) is 10.2 Å². The molecule has 2 amide bonds. The minimum absolute atomic E-state index is 0.192. The number of amides is 2. The molecule has 1 aliphatic heterocycles. The van der Waals surface area contributed by atoms with E-state index in [1.165, 1.54) is 0 Å². The van der Waals surface area contributed by atoms with Crippen molar-refractivity contribution in [3.8, 4) is 0 Å². The Kier molecular flexibility index (Phi) is 6.94. The summed E-state index contributed by atoms with van der Waals surface area (Å²) in [5.74, 6) is -0.393. The highest BCUT2D eigenvalue weighted by Crippen LogP contribution is 2.22. The zero-order valence-corrected chi connectivity index (χ0v) is 16.9. The molecule has 0 bridgehead atoms. The van der Waals surface area contributed by atoms with Crippen LogP contribution in [-0.4, -0.2) is 35.3 Å². The van der Waals surface area contributed by atoms with Gasteiger partial charge in [-0.2, -0.15) is 0 Å². The number of hydrogen-bond acceptors (Lipinski definition) is 3. The molecule has 0 unspecified atom stereocenters. The molecule has 0 radical (unpaired) electrons. The van der Waals surface area contributed by atoms with Gasteiger partial charge in [0.1, 0.15) is 6.04 Å². The van der Waals surface area contributed by atoms with Crippen LogP contribution in [0, 0.1) is 0 Å². The van der Waals surface area contributed by atoms with E-state index in [9.17, 15) is 9.59 Å². The zero-order valence-electron chi connectivity index (χ0n) is 15.4. The molecular weight excluding hydrogens is 397 g/mol. The van der Waals surface area contributed by atoms with Gasteiger partial charge < -0.3 is 16.0 Å². The van der Waals surface area contributed by atoms with Crippen molar-refractivity contribution >= 4 is 35.0 Å². The SMILES string of the molecule is N[C@H](Cc1ccccc1)C(=O)N1CCC[C@H]1C(=O)NCc1cc(Cl)ccc1Cl. The van der Waals surface area contributed by atoms with Crippen LogP contribution in [0.5, 0.6) is 0 Å². The summed E-state index contributed by atoms with van der Waals surface area (Å²) in [6.45, 7) is 0.796. The van der Waals surface area contributed by atoms with Crippen molar-refractivity contribution in [2.24, 2.45) is 5.73 Å². The Labute approximate surface area is 174 Å². The number of likely N-dealkylation sites (tertiary alicyclic amines) is 1. The van der Waals surface area contributed by atoms with Crippen molar-refractivity contribution in [3.63, 3.8) is 0 Å². The van der Waals surface area contributed by atoms with E-state index in [0.717, 1.165) is 17.5 Å². The van der Waals surface area contributed by atoms with E-state index < -0.39 is 12.1 Å². The molecule has 1 saturated heterocycles. The van der Waals surface area contributed by atoms with Gasteiger partial charge in [0, 0.05) is 23.1 Å². The third-order valence-electron chi connectivity index (χ3n) is 4.91. The Morgan fingerprint density at radius 2 is 1.93 bits per heavy atom. The Hall–Kier alpha value is -2.08. The predicted molar refractivity (Wildman–Crippen MR) is 111 cm³/mol. The predicted octanol–water partition coefficient (Wildman–Crippen LogP) is 3.17. The van der Waals surface area contributed by atoms with Crippen LogP contribution in [0.3, 0.4) is 0 Å². The molecule has 28 heavy (non-hydrogen) atoms. The molecule has 0 saturated carbocycles. The van der Waals surface area contributed by atoms with E-state index in [4.69, 9.17) is 28.9 Å². The lowest BCUT2D eigenvalue weighted by atomic mass is 10.1. The maximum Gasteiger partial charge on any atom is 0.243 e. The molecule has 0 spiro atoms. The van der Waals surface area contributed by atoms with Crippen molar-refractivity contribution in [2.75, 3.05) is 6.54 Å². The van der Waals surface area contributed by atoms with E-state index >= 15 is 0 Å². The topological polar surface area (TPSA) is 75.4 Å². The number of rotatable bonds is 6. The maximum atomic E-state index is 12.8. The number of benzene rings is 2. The Morgan fingerprint density at radius 1 is 1.18 bits per heavy atom. The van der Waals surface area contributed by atoms with Crippen LogP contribution in [0.15, 0.2) is 48.5 Å². The summed E-state index contributed by atoms with van der Waals surface area (Å²) < 4.78 is 0. The van der Waals surface area contributed by atoms with Crippen LogP contribution in [0.2, 0.25) is 10.0 Å². The lowest BCUT2D eigenvalue weighted by molar-refractivity contribution is -0.139. The quantitative estimate of drug-likeness (QED) is 0.754. The normalized spacial score (nSPS) is 17.4. The summed E-state index contributed by atoms with van der Waals surface area (Å²) in [7, 11) is 0. The van der Waals surface area contributed by atoms with Gasteiger partial charge in [-0.05, 0) is 48.6 Å². The molecule has 1 aliphatic rings. The lowest BCUT2D eigenvalue weighted by Crippen LogP contribution is -2.51. The highest BCUT2D eigenvalue weighted by atomic mass is 35.5. The number of hydrogen-bond donors (Lipinski definition) is 2. The van der Waals surface area contributed by atoms with Gasteiger partial charge in [0.25, 0.3) is 0 Å². The fourth-order valence-electron chi connectivity index (χ4n) is 3.45. The summed E-state index contributed by atoms with van der Waals surface area (Å²) in [6, 6.07) is 13.6. The zero-order chi connectivity index (χ0) is 20.1. The van der Waals surface area contributed by atoms with Crippen molar-refractivity contribution in [1.29, 1.82) is 0 Å². The molecular formula is C21H23Cl2N3O2. The fourth-order valence-corrected chi connectivity index (χ4v) is 3.83.